The van der Waals surface area contributed by atoms with Gasteiger partial charge in [-0.05, 0) is 44.0 Å². The zero-order valence-electron chi connectivity index (χ0n) is 17.9. The standard InChI is InChI=1S/C21H21N7O3S2/c1-2-31-19(30)13-5-7-14(8-6-13)23-15(29)11-32-21-26-25-18-16-17(22-12-28(18)21)24-20(33-16)27-9-3-4-10-27/h5-8,12H,2-4,9-11H2,1H3,(H,23,29). The largest absolute Gasteiger partial charge is 0.462 e. The van der Waals surface area contributed by atoms with E-state index in [-0.39, 0.29) is 17.6 Å². The molecule has 12 heteroatoms. The van der Waals surface area contributed by atoms with Crippen LogP contribution in [0.5, 0.6) is 0 Å². The monoisotopic (exact) mass is 483 g/mol. The zero-order chi connectivity index (χ0) is 22.8. The fourth-order valence-electron chi connectivity index (χ4n) is 3.56. The number of rotatable bonds is 7. The van der Waals surface area contributed by atoms with Crippen molar-refractivity contribution in [1.29, 1.82) is 0 Å². The molecule has 1 aliphatic heterocycles. The molecule has 5 rings (SSSR count). The molecule has 0 bridgehead atoms. The van der Waals surface area contributed by atoms with Crippen LogP contribution in [0.3, 0.4) is 0 Å². The number of thiazole rings is 1. The number of esters is 1. The van der Waals surface area contributed by atoms with Crippen molar-refractivity contribution in [2.45, 2.75) is 24.9 Å². The molecule has 4 heterocycles. The molecule has 1 aliphatic rings. The van der Waals surface area contributed by atoms with Crippen molar-refractivity contribution in [3.05, 3.63) is 36.2 Å². The summed E-state index contributed by atoms with van der Waals surface area (Å²) in [6, 6.07) is 6.58. The van der Waals surface area contributed by atoms with Crippen molar-refractivity contribution in [1.82, 2.24) is 24.6 Å². The number of carbonyl (C=O) groups excluding carboxylic acids is 2. The quantitative estimate of drug-likeness (QED) is 0.312. The third kappa shape index (κ3) is 4.48. The van der Waals surface area contributed by atoms with Crippen LogP contribution in [-0.2, 0) is 9.53 Å². The molecule has 1 amide bonds. The van der Waals surface area contributed by atoms with E-state index in [0.717, 1.165) is 22.9 Å². The van der Waals surface area contributed by atoms with Crippen molar-refractivity contribution in [2.24, 2.45) is 0 Å². The molecule has 0 atom stereocenters. The van der Waals surface area contributed by atoms with Gasteiger partial charge in [0, 0.05) is 18.8 Å². The summed E-state index contributed by atoms with van der Waals surface area (Å²) >= 11 is 2.85. The number of carbonyl (C=O) groups is 2. The topological polar surface area (TPSA) is 115 Å². The van der Waals surface area contributed by atoms with E-state index in [2.05, 4.69) is 30.4 Å². The van der Waals surface area contributed by atoms with E-state index in [1.54, 1.807) is 53.3 Å². The number of anilines is 2. The van der Waals surface area contributed by atoms with Gasteiger partial charge in [-0.2, -0.15) is 4.98 Å². The molecule has 170 valence electrons. The van der Waals surface area contributed by atoms with Crippen LogP contribution in [0.25, 0.3) is 16.0 Å². The second-order valence-corrected chi connectivity index (χ2v) is 9.32. The minimum absolute atomic E-state index is 0.153. The number of benzene rings is 1. The van der Waals surface area contributed by atoms with Gasteiger partial charge in [-0.15, -0.1) is 10.2 Å². The molecule has 1 fully saturated rings. The van der Waals surface area contributed by atoms with Crippen LogP contribution in [0, 0.1) is 0 Å². The lowest BCUT2D eigenvalue weighted by Gasteiger charge is -2.11. The van der Waals surface area contributed by atoms with Crippen molar-refractivity contribution in [2.75, 3.05) is 35.7 Å². The molecule has 1 saturated heterocycles. The Balaban J connectivity index is 1.25. The van der Waals surface area contributed by atoms with E-state index in [1.165, 1.54) is 24.6 Å². The van der Waals surface area contributed by atoms with Gasteiger partial charge in [0.25, 0.3) is 0 Å². The average Bonchev–Trinajstić information content (AvgIpc) is 3.57. The highest BCUT2D eigenvalue weighted by Gasteiger charge is 2.20. The fraction of sp³-hybridized carbons (Fsp3) is 0.333. The molecule has 1 aromatic carbocycles. The molecule has 0 saturated carbocycles. The van der Waals surface area contributed by atoms with Crippen LogP contribution in [-0.4, -0.2) is 61.9 Å². The summed E-state index contributed by atoms with van der Waals surface area (Å²) in [6.45, 7) is 4.11. The number of amides is 1. The van der Waals surface area contributed by atoms with Crippen molar-refractivity contribution < 1.29 is 14.3 Å². The lowest BCUT2D eigenvalue weighted by Crippen LogP contribution is -2.16. The Morgan fingerprint density at radius 1 is 1.18 bits per heavy atom. The van der Waals surface area contributed by atoms with Gasteiger partial charge in [0.05, 0.1) is 17.9 Å². The molecule has 0 aliphatic carbocycles. The SMILES string of the molecule is CCOC(=O)c1ccc(NC(=O)CSc2nnc3c4sc(N5CCCC5)nc4ncn23)cc1. The molecule has 0 spiro atoms. The number of hydrogen-bond donors (Lipinski definition) is 1. The summed E-state index contributed by atoms with van der Waals surface area (Å²) in [6.07, 6.45) is 4.02. The predicted octanol–water partition coefficient (Wildman–Crippen LogP) is 3.24. The van der Waals surface area contributed by atoms with Gasteiger partial charge in [-0.25, -0.2) is 9.78 Å². The number of fused-ring (bicyclic) bond motifs is 3. The summed E-state index contributed by atoms with van der Waals surface area (Å²) in [5.74, 6) is -0.426. The molecule has 3 aromatic heterocycles. The normalized spacial score (nSPS) is 13.7. The minimum Gasteiger partial charge on any atom is -0.462 e. The van der Waals surface area contributed by atoms with E-state index >= 15 is 0 Å². The predicted molar refractivity (Wildman–Crippen MR) is 127 cm³/mol. The first-order chi connectivity index (χ1) is 16.1. The lowest BCUT2D eigenvalue weighted by molar-refractivity contribution is -0.113. The summed E-state index contributed by atoms with van der Waals surface area (Å²) in [4.78, 5) is 35.5. The lowest BCUT2D eigenvalue weighted by atomic mass is 10.2. The Morgan fingerprint density at radius 3 is 2.73 bits per heavy atom. The Kier molecular flexibility index (Phi) is 6.09. The molecular weight excluding hydrogens is 462 g/mol. The zero-order valence-corrected chi connectivity index (χ0v) is 19.5. The van der Waals surface area contributed by atoms with Gasteiger partial charge < -0.3 is 15.0 Å². The van der Waals surface area contributed by atoms with Crippen LogP contribution in [0.15, 0.2) is 35.7 Å². The Hall–Kier alpha value is -3.25. The Labute approximate surface area is 197 Å². The molecule has 10 nitrogen and oxygen atoms in total. The van der Waals surface area contributed by atoms with E-state index < -0.39 is 0 Å². The number of thioether (sulfide) groups is 1. The molecule has 4 aromatic rings. The number of ether oxygens (including phenoxy) is 1. The highest BCUT2D eigenvalue weighted by Crippen LogP contribution is 2.32. The van der Waals surface area contributed by atoms with E-state index in [1.807, 2.05) is 0 Å². The van der Waals surface area contributed by atoms with Gasteiger partial charge in [0.1, 0.15) is 11.0 Å². The van der Waals surface area contributed by atoms with Gasteiger partial charge in [0.2, 0.25) is 5.91 Å². The first-order valence-electron chi connectivity index (χ1n) is 10.6. The number of nitrogens with zero attached hydrogens (tertiary/aromatic N) is 6. The molecule has 0 radical (unpaired) electrons. The minimum atomic E-state index is -0.388. The summed E-state index contributed by atoms with van der Waals surface area (Å²) in [5.41, 5.74) is 2.40. The van der Waals surface area contributed by atoms with Crippen LogP contribution in [0.1, 0.15) is 30.1 Å². The first kappa shape index (κ1) is 21.6. The van der Waals surface area contributed by atoms with Gasteiger partial charge in [-0.3, -0.25) is 9.20 Å². The summed E-state index contributed by atoms with van der Waals surface area (Å²) in [5, 5.41) is 12.9. The van der Waals surface area contributed by atoms with Crippen molar-refractivity contribution >= 4 is 61.8 Å². The van der Waals surface area contributed by atoms with Crippen LogP contribution in [0.4, 0.5) is 10.8 Å². The molecule has 33 heavy (non-hydrogen) atoms. The molecule has 0 unspecified atom stereocenters. The van der Waals surface area contributed by atoms with Crippen molar-refractivity contribution in [3.63, 3.8) is 0 Å². The second kappa shape index (κ2) is 9.32. The Morgan fingerprint density at radius 2 is 1.97 bits per heavy atom. The summed E-state index contributed by atoms with van der Waals surface area (Å²) < 4.78 is 7.65. The summed E-state index contributed by atoms with van der Waals surface area (Å²) in [7, 11) is 0. The van der Waals surface area contributed by atoms with E-state index in [4.69, 9.17) is 4.74 Å². The number of nitrogens with one attached hydrogen (secondary N) is 1. The highest BCUT2D eigenvalue weighted by molar-refractivity contribution is 7.99. The van der Waals surface area contributed by atoms with E-state index in [0.29, 0.717) is 34.3 Å². The van der Waals surface area contributed by atoms with Gasteiger partial charge in [0.15, 0.2) is 21.6 Å². The third-order valence-corrected chi connectivity index (χ3v) is 7.19. The highest BCUT2D eigenvalue weighted by atomic mass is 32.2. The van der Waals surface area contributed by atoms with Crippen molar-refractivity contribution in [3.8, 4) is 0 Å². The second-order valence-electron chi connectivity index (χ2n) is 7.40. The van der Waals surface area contributed by atoms with Crippen LogP contribution >= 0.6 is 23.1 Å². The van der Waals surface area contributed by atoms with Crippen LogP contribution < -0.4 is 10.2 Å². The number of hydrogen-bond acceptors (Lipinski definition) is 10. The third-order valence-electron chi connectivity index (χ3n) is 5.15. The maximum Gasteiger partial charge on any atom is 0.338 e. The fourth-order valence-corrected chi connectivity index (χ4v) is 5.31. The van der Waals surface area contributed by atoms with Gasteiger partial charge >= 0.3 is 5.97 Å². The van der Waals surface area contributed by atoms with E-state index in [9.17, 15) is 9.59 Å². The van der Waals surface area contributed by atoms with Gasteiger partial charge in [-0.1, -0.05) is 23.1 Å². The number of aromatic nitrogens is 5. The smallest absolute Gasteiger partial charge is 0.338 e. The Bertz CT molecular complexity index is 1310. The van der Waals surface area contributed by atoms with Crippen LogP contribution in [0.2, 0.25) is 0 Å². The maximum atomic E-state index is 12.4. The average molecular weight is 484 g/mol. The maximum absolute atomic E-state index is 12.4. The molecule has 1 N–H and O–H groups in total. The first-order valence-corrected chi connectivity index (χ1v) is 12.4. The molecular formula is C21H21N7O3S2.